The maximum absolute atomic E-state index is 2.56. The molecule has 0 saturated carbocycles. The Kier molecular flexibility index (Phi) is 8.01. The highest BCUT2D eigenvalue weighted by atomic mass is 32.1. The molecule has 1 aromatic heterocycles. The third-order valence-corrected chi connectivity index (χ3v) is 13.6. The predicted octanol–water partition coefficient (Wildman–Crippen LogP) is 13.9. The Labute approximate surface area is 328 Å². The van der Waals surface area contributed by atoms with Crippen molar-refractivity contribution in [2.75, 3.05) is 4.90 Å². The van der Waals surface area contributed by atoms with E-state index in [2.05, 4.69) is 220 Å². The lowest BCUT2D eigenvalue weighted by atomic mass is 9.65. The van der Waals surface area contributed by atoms with Crippen LogP contribution in [-0.4, -0.2) is 6.04 Å². The second kappa shape index (κ2) is 13.1. The monoisotopic (exact) mass is 725 g/mol. The van der Waals surface area contributed by atoms with E-state index in [1.165, 1.54) is 76.1 Å². The molecule has 2 aliphatic rings. The normalized spacial score (nSPS) is 17.4. The van der Waals surface area contributed by atoms with Crippen LogP contribution >= 0.6 is 11.3 Å². The summed E-state index contributed by atoms with van der Waals surface area (Å²) in [6.45, 7) is 7.25. The lowest BCUT2D eigenvalue weighted by Crippen LogP contribution is -2.40. The van der Waals surface area contributed by atoms with Crippen LogP contribution in [0, 0.1) is 5.92 Å². The van der Waals surface area contributed by atoms with Crippen LogP contribution in [0.1, 0.15) is 54.2 Å². The molecule has 266 valence electrons. The Morgan fingerprint density at radius 3 is 1.82 bits per heavy atom. The average molecular weight is 726 g/mol. The number of rotatable bonds is 7. The van der Waals surface area contributed by atoms with Crippen molar-refractivity contribution in [2.24, 2.45) is 5.92 Å². The number of anilines is 2. The number of allylic oxidation sites excluding steroid dienone is 2. The summed E-state index contributed by atoms with van der Waals surface area (Å²) < 4.78 is 2.65. The number of hydrogen-bond donors (Lipinski definition) is 0. The number of benzene rings is 7. The molecule has 2 aliphatic carbocycles. The average Bonchev–Trinajstić information content (AvgIpc) is 3.73. The fraction of sp³-hybridized carbons (Fsp3) is 0.132. The molecule has 0 bridgehead atoms. The molecule has 0 radical (unpaired) electrons. The Morgan fingerprint density at radius 2 is 1.11 bits per heavy atom. The zero-order chi connectivity index (χ0) is 37.1. The van der Waals surface area contributed by atoms with Crippen LogP contribution in [0.3, 0.4) is 0 Å². The van der Waals surface area contributed by atoms with E-state index in [0.717, 1.165) is 0 Å². The molecular formula is C53H43NS. The van der Waals surface area contributed by atoms with Gasteiger partial charge in [0.1, 0.15) is 0 Å². The smallest absolute Gasteiger partial charge is 0.0715 e. The Bertz CT molecular complexity index is 2700. The zero-order valence-corrected chi connectivity index (χ0v) is 32.3. The van der Waals surface area contributed by atoms with Crippen molar-refractivity contribution in [1.29, 1.82) is 0 Å². The van der Waals surface area contributed by atoms with Crippen LogP contribution < -0.4 is 4.90 Å². The predicted molar refractivity (Wildman–Crippen MR) is 235 cm³/mol. The van der Waals surface area contributed by atoms with E-state index in [-0.39, 0.29) is 11.5 Å². The van der Waals surface area contributed by atoms with E-state index in [4.69, 9.17) is 0 Å². The standard InChI is InChI=1S/C53H43NS/c1-36-48(35-34-44-42-24-13-15-27-46(42)52(2,3)50(36)44)54(40-22-11-6-12-23-40)41-32-30-39(31-33-41)53(37-18-7-4-8-19-37,38-20-9-5-10-21-38)47-28-17-26-45-43-25-14-16-29-49(43)55-51(45)47/h4-36,48H,1-3H3. The second-order valence-electron chi connectivity index (χ2n) is 15.7. The minimum atomic E-state index is -0.559. The summed E-state index contributed by atoms with van der Waals surface area (Å²) in [7, 11) is 0. The maximum atomic E-state index is 2.56. The fourth-order valence-corrected chi connectivity index (χ4v) is 11.3. The highest BCUT2D eigenvalue weighted by Gasteiger charge is 2.44. The summed E-state index contributed by atoms with van der Waals surface area (Å²) in [5.41, 5.74) is 12.6. The molecule has 1 nitrogen and oxygen atoms in total. The molecule has 0 amide bonds. The van der Waals surface area contributed by atoms with E-state index in [9.17, 15) is 0 Å². The van der Waals surface area contributed by atoms with Crippen molar-refractivity contribution in [3.63, 3.8) is 0 Å². The first-order valence-electron chi connectivity index (χ1n) is 19.5. The molecule has 2 atom stereocenters. The van der Waals surface area contributed by atoms with E-state index >= 15 is 0 Å². The minimum absolute atomic E-state index is 0.0425. The topological polar surface area (TPSA) is 3.24 Å². The van der Waals surface area contributed by atoms with Gasteiger partial charge in [-0.2, -0.15) is 0 Å². The van der Waals surface area contributed by atoms with Gasteiger partial charge in [0.15, 0.2) is 0 Å². The van der Waals surface area contributed by atoms with Gasteiger partial charge in [-0.1, -0.05) is 185 Å². The minimum Gasteiger partial charge on any atom is -0.334 e. The van der Waals surface area contributed by atoms with Gasteiger partial charge >= 0.3 is 0 Å². The first kappa shape index (κ1) is 33.6. The first-order chi connectivity index (χ1) is 27.0. The van der Waals surface area contributed by atoms with Crippen molar-refractivity contribution < 1.29 is 0 Å². The van der Waals surface area contributed by atoms with E-state index in [1.807, 2.05) is 11.3 Å². The molecule has 0 fully saturated rings. The summed E-state index contributed by atoms with van der Waals surface area (Å²) in [4.78, 5) is 2.56. The molecule has 10 rings (SSSR count). The second-order valence-corrected chi connectivity index (χ2v) is 16.7. The molecule has 0 N–H and O–H groups in total. The highest BCUT2D eigenvalue weighted by molar-refractivity contribution is 7.26. The quantitative estimate of drug-likeness (QED) is 0.148. The van der Waals surface area contributed by atoms with Gasteiger partial charge in [-0.25, -0.2) is 0 Å². The Balaban J connectivity index is 1.16. The van der Waals surface area contributed by atoms with Crippen LogP contribution in [0.2, 0.25) is 0 Å². The third-order valence-electron chi connectivity index (χ3n) is 12.4. The highest BCUT2D eigenvalue weighted by Crippen LogP contribution is 2.54. The van der Waals surface area contributed by atoms with Gasteiger partial charge in [0.25, 0.3) is 0 Å². The van der Waals surface area contributed by atoms with Crippen LogP contribution in [0.15, 0.2) is 200 Å². The summed E-state index contributed by atoms with van der Waals surface area (Å²) in [6, 6.07) is 67.6. The van der Waals surface area contributed by atoms with E-state index < -0.39 is 5.41 Å². The van der Waals surface area contributed by atoms with Crippen molar-refractivity contribution in [2.45, 2.75) is 37.6 Å². The number of hydrogen-bond acceptors (Lipinski definition) is 2. The lowest BCUT2D eigenvalue weighted by Gasteiger charge is -2.42. The fourth-order valence-electron chi connectivity index (χ4n) is 10.1. The Hall–Kier alpha value is -5.96. The number of para-hydroxylation sites is 1. The summed E-state index contributed by atoms with van der Waals surface area (Å²) in [5, 5.41) is 2.62. The number of thiophene rings is 1. The van der Waals surface area contributed by atoms with Crippen LogP contribution in [-0.2, 0) is 10.8 Å². The lowest BCUT2D eigenvalue weighted by molar-refractivity contribution is 0.488. The SMILES string of the molecule is CC1C2=C(C=CC1N(c1ccccc1)c1ccc(C(c3ccccc3)(c3ccccc3)c3cccc4c3sc3ccccc34)cc1)c1ccccc1C2(C)C. The molecule has 0 spiro atoms. The summed E-state index contributed by atoms with van der Waals surface area (Å²) in [5.74, 6) is 0.292. The third kappa shape index (κ3) is 5.12. The molecule has 8 aromatic rings. The van der Waals surface area contributed by atoms with Crippen molar-refractivity contribution in [3.8, 4) is 0 Å². The summed E-state index contributed by atoms with van der Waals surface area (Å²) in [6.07, 6.45) is 4.85. The summed E-state index contributed by atoms with van der Waals surface area (Å²) >= 11 is 1.91. The van der Waals surface area contributed by atoms with Gasteiger partial charge in [-0.05, 0) is 74.9 Å². The Morgan fingerprint density at radius 1 is 0.545 bits per heavy atom. The van der Waals surface area contributed by atoms with E-state index in [1.54, 1.807) is 0 Å². The molecule has 2 heteroatoms. The van der Waals surface area contributed by atoms with Gasteiger partial charge in [-0.3, -0.25) is 0 Å². The van der Waals surface area contributed by atoms with Crippen molar-refractivity contribution in [3.05, 3.63) is 233 Å². The molecule has 0 saturated heterocycles. The number of fused-ring (bicyclic) bond motifs is 5. The van der Waals surface area contributed by atoms with Crippen LogP contribution in [0.5, 0.6) is 0 Å². The van der Waals surface area contributed by atoms with Crippen molar-refractivity contribution in [1.82, 2.24) is 0 Å². The number of nitrogens with zero attached hydrogens (tertiary/aromatic N) is 1. The maximum Gasteiger partial charge on any atom is 0.0715 e. The van der Waals surface area contributed by atoms with Gasteiger partial charge in [-0.15, -0.1) is 11.3 Å². The van der Waals surface area contributed by atoms with E-state index in [0.29, 0.717) is 5.92 Å². The molecule has 7 aromatic carbocycles. The molecule has 0 aliphatic heterocycles. The van der Waals surface area contributed by atoms with Crippen molar-refractivity contribution >= 4 is 48.5 Å². The molecule has 2 unspecified atom stereocenters. The zero-order valence-electron chi connectivity index (χ0n) is 31.5. The largest absolute Gasteiger partial charge is 0.334 e. The molecule has 1 heterocycles. The van der Waals surface area contributed by atoms with Crippen LogP contribution in [0.4, 0.5) is 11.4 Å². The van der Waals surface area contributed by atoms with Gasteiger partial charge in [0.2, 0.25) is 0 Å². The van der Waals surface area contributed by atoms with Gasteiger partial charge in [0, 0.05) is 42.9 Å². The molecule has 55 heavy (non-hydrogen) atoms. The molecular weight excluding hydrogens is 683 g/mol. The van der Waals surface area contributed by atoms with Gasteiger partial charge in [0.05, 0.1) is 11.5 Å². The first-order valence-corrected chi connectivity index (χ1v) is 20.3. The van der Waals surface area contributed by atoms with Crippen LogP contribution in [0.25, 0.3) is 25.7 Å². The van der Waals surface area contributed by atoms with Gasteiger partial charge < -0.3 is 4.90 Å².